The number of hydrogen-bond acceptors (Lipinski definition) is 4. The van der Waals surface area contributed by atoms with Crippen LogP contribution < -0.4 is 16.4 Å². The number of H-pyrrole nitrogens is 1. The van der Waals surface area contributed by atoms with Gasteiger partial charge in [0.15, 0.2) is 0 Å². The summed E-state index contributed by atoms with van der Waals surface area (Å²) in [6.07, 6.45) is 2.22. The molecule has 0 spiro atoms. The van der Waals surface area contributed by atoms with E-state index in [2.05, 4.69) is 10.4 Å². The summed E-state index contributed by atoms with van der Waals surface area (Å²) in [5.74, 6) is -1.49. The summed E-state index contributed by atoms with van der Waals surface area (Å²) in [6.45, 7) is -0.0273. The molecule has 0 unspecified atom stereocenters. The number of carboxylic acids is 1. The second-order valence-corrected chi connectivity index (χ2v) is 6.34. The maximum Gasteiger partial charge on any atom is 0.329 e. The highest BCUT2D eigenvalue weighted by Crippen LogP contribution is 2.29. The minimum absolute atomic E-state index is 0.0273. The van der Waals surface area contributed by atoms with E-state index in [-0.39, 0.29) is 18.4 Å². The molecule has 0 aliphatic heterocycles. The molecule has 1 saturated carbocycles. The zero-order valence-electron chi connectivity index (χ0n) is 13.6. The van der Waals surface area contributed by atoms with Crippen LogP contribution in [0.5, 0.6) is 0 Å². The van der Waals surface area contributed by atoms with Crippen molar-refractivity contribution in [3.63, 3.8) is 0 Å². The number of benzene rings is 1. The summed E-state index contributed by atoms with van der Waals surface area (Å²) in [6, 6.07) is 6.45. The predicted octanol–water partition coefficient (Wildman–Crippen LogP) is 0.593. The van der Waals surface area contributed by atoms with Crippen LogP contribution in [0.2, 0.25) is 0 Å². The molecule has 1 fully saturated rings. The summed E-state index contributed by atoms with van der Waals surface area (Å²) in [7, 11) is 0. The van der Waals surface area contributed by atoms with Crippen molar-refractivity contribution >= 4 is 22.6 Å². The van der Waals surface area contributed by atoms with E-state index in [4.69, 9.17) is 0 Å². The number of aryl methyl sites for hydroxylation is 1. The van der Waals surface area contributed by atoms with Crippen molar-refractivity contribution in [2.24, 2.45) is 0 Å². The number of carbonyl (C=O) groups excluding carboxylic acids is 1. The van der Waals surface area contributed by atoms with Crippen LogP contribution in [0.1, 0.15) is 32.1 Å². The topological polar surface area (TPSA) is 121 Å². The molecule has 8 heteroatoms. The van der Waals surface area contributed by atoms with Crippen LogP contribution in [0.3, 0.4) is 0 Å². The Morgan fingerprint density at radius 3 is 2.44 bits per heavy atom. The lowest BCUT2D eigenvalue weighted by Gasteiger charge is -2.25. The van der Waals surface area contributed by atoms with Crippen LogP contribution in [0.4, 0.5) is 0 Å². The molecule has 1 amide bonds. The first kappa shape index (κ1) is 16.9. The van der Waals surface area contributed by atoms with E-state index in [1.54, 1.807) is 24.3 Å². The van der Waals surface area contributed by atoms with Crippen molar-refractivity contribution < 1.29 is 14.7 Å². The SMILES string of the molecule is O=C(CCn1[nH]c(=O)c2ccccc2c1=O)NC1(C(=O)O)CCCC1. The van der Waals surface area contributed by atoms with Crippen LogP contribution in [0.15, 0.2) is 33.9 Å². The fourth-order valence-corrected chi connectivity index (χ4v) is 3.32. The fraction of sp³-hybridized carbons (Fsp3) is 0.412. The third kappa shape index (κ3) is 3.19. The highest BCUT2D eigenvalue weighted by Gasteiger charge is 2.42. The summed E-state index contributed by atoms with van der Waals surface area (Å²) in [5, 5.41) is 15.0. The Kier molecular flexibility index (Phi) is 4.43. The van der Waals surface area contributed by atoms with Crippen LogP contribution >= 0.6 is 0 Å². The number of hydrogen-bond donors (Lipinski definition) is 3. The standard InChI is InChI=1S/C17H19N3O5/c21-13(18-17(16(24)25)8-3-4-9-17)7-10-20-15(23)12-6-2-1-5-11(12)14(22)19-20/h1-2,5-6H,3-4,7-10H2,(H,18,21)(H,19,22)(H,24,25). The number of nitrogens with zero attached hydrogens (tertiary/aromatic N) is 1. The monoisotopic (exact) mass is 345 g/mol. The average Bonchev–Trinajstić information content (AvgIpc) is 3.07. The molecule has 3 rings (SSSR count). The Balaban J connectivity index is 1.76. The van der Waals surface area contributed by atoms with Gasteiger partial charge < -0.3 is 10.4 Å². The van der Waals surface area contributed by atoms with E-state index in [0.29, 0.717) is 18.2 Å². The number of rotatable bonds is 5. The molecule has 3 N–H and O–H groups in total. The van der Waals surface area contributed by atoms with Crippen molar-refractivity contribution in [2.75, 3.05) is 0 Å². The van der Waals surface area contributed by atoms with Crippen LogP contribution in [-0.2, 0) is 16.1 Å². The van der Waals surface area contributed by atoms with E-state index in [1.165, 1.54) is 0 Å². The molecule has 8 nitrogen and oxygen atoms in total. The van der Waals surface area contributed by atoms with Crippen LogP contribution in [0, 0.1) is 0 Å². The minimum Gasteiger partial charge on any atom is -0.480 e. The van der Waals surface area contributed by atoms with Crippen molar-refractivity contribution in [1.82, 2.24) is 15.1 Å². The first-order chi connectivity index (χ1) is 11.9. The molecule has 1 heterocycles. The number of nitrogens with one attached hydrogen (secondary N) is 2. The second kappa shape index (κ2) is 6.54. The molecule has 1 aromatic heterocycles. The van der Waals surface area contributed by atoms with Gasteiger partial charge in [-0.1, -0.05) is 25.0 Å². The number of aromatic amines is 1. The number of fused-ring (bicyclic) bond motifs is 1. The maximum atomic E-state index is 12.4. The highest BCUT2D eigenvalue weighted by atomic mass is 16.4. The van der Waals surface area contributed by atoms with Gasteiger partial charge in [-0.2, -0.15) is 0 Å². The van der Waals surface area contributed by atoms with Gasteiger partial charge in [0.05, 0.1) is 17.3 Å². The summed E-state index contributed by atoms with van der Waals surface area (Å²) >= 11 is 0. The first-order valence-electron chi connectivity index (χ1n) is 8.19. The Morgan fingerprint density at radius 1 is 1.16 bits per heavy atom. The number of amides is 1. The molecular weight excluding hydrogens is 326 g/mol. The third-order valence-corrected chi connectivity index (χ3v) is 4.69. The molecule has 1 aliphatic rings. The molecule has 25 heavy (non-hydrogen) atoms. The number of aliphatic carboxylic acids is 1. The highest BCUT2D eigenvalue weighted by molar-refractivity contribution is 5.87. The van der Waals surface area contributed by atoms with Gasteiger partial charge in [-0.05, 0) is 25.0 Å². The Morgan fingerprint density at radius 2 is 1.80 bits per heavy atom. The van der Waals surface area contributed by atoms with Gasteiger partial charge in [0.1, 0.15) is 5.54 Å². The molecule has 1 aromatic carbocycles. The molecule has 0 bridgehead atoms. The van der Waals surface area contributed by atoms with E-state index in [1.807, 2.05) is 0 Å². The minimum atomic E-state index is -1.21. The number of carbonyl (C=O) groups is 2. The van der Waals surface area contributed by atoms with Gasteiger partial charge in [-0.25, -0.2) is 9.48 Å². The third-order valence-electron chi connectivity index (χ3n) is 4.69. The van der Waals surface area contributed by atoms with Gasteiger partial charge in [0.25, 0.3) is 11.1 Å². The molecule has 0 radical (unpaired) electrons. The molecule has 132 valence electrons. The Hall–Kier alpha value is -2.90. The number of carboxylic acid groups (broad SMARTS) is 1. The average molecular weight is 345 g/mol. The van der Waals surface area contributed by atoms with Gasteiger partial charge in [-0.3, -0.25) is 19.5 Å². The van der Waals surface area contributed by atoms with Crippen molar-refractivity contribution in [1.29, 1.82) is 0 Å². The van der Waals surface area contributed by atoms with E-state index in [9.17, 15) is 24.3 Å². The van der Waals surface area contributed by atoms with E-state index < -0.39 is 28.5 Å². The second-order valence-electron chi connectivity index (χ2n) is 6.34. The zero-order valence-corrected chi connectivity index (χ0v) is 13.6. The van der Waals surface area contributed by atoms with E-state index in [0.717, 1.165) is 17.5 Å². The quantitative estimate of drug-likeness (QED) is 0.732. The molecule has 2 aromatic rings. The Bertz CT molecular complexity index is 937. The molecule has 1 aliphatic carbocycles. The van der Waals surface area contributed by atoms with Gasteiger partial charge >= 0.3 is 5.97 Å². The lowest BCUT2D eigenvalue weighted by Crippen LogP contribution is -2.52. The molecule has 0 saturated heterocycles. The maximum absolute atomic E-state index is 12.4. The van der Waals surface area contributed by atoms with Crippen molar-refractivity contribution in [3.8, 4) is 0 Å². The molecule has 0 atom stereocenters. The van der Waals surface area contributed by atoms with Gasteiger partial charge in [0, 0.05) is 6.42 Å². The number of aromatic nitrogens is 2. The van der Waals surface area contributed by atoms with E-state index >= 15 is 0 Å². The smallest absolute Gasteiger partial charge is 0.329 e. The van der Waals surface area contributed by atoms with Crippen LogP contribution in [-0.4, -0.2) is 32.3 Å². The summed E-state index contributed by atoms with van der Waals surface area (Å²) < 4.78 is 1.09. The lowest BCUT2D eigenvalue weighted by atomic mass is 9.97. The summed E-state index contributed by atoms with van der Waals surface area (Å²) in [5.41, 5.74) is -2.01. The first-order valence-corrected chi connectivity index (χ1v) is 8.19. The lowest BCUT2D eigenvalue weighted by molar-refractivity contribution is -0.147. The van der Waals surface area contributed by atoms with Gasteiger partial charge in [0.2, 0.25) is 5.91 Å². The summed E-state index contributed by atoms with van der Waals surface area (Å²) in [4.78, 5) is 48.0. The zero-order chi connectivity index (χ0) is 18.0. The van der Waals surface area contributed by atoms with Gasteiger partial charge in [-0.15, -0.1) is 0 Å². The fourth-order valence-electron chi connectivity index (χ4n) is 3.32. The van der Waals surface area contributed by atoms with Crippen molar-refractivity contribution in [2.45, 2.75) is 44.2 Å². The Labute approximate surface area is 142 Å². The largest absolute Gasteiger partial charge is 0.480 e. The van der Waals surface area contributed by atoms with Crippen LogP contribution in [0.25, 0.3) is 10.8 Å². The normalized spacial score (nSPS) is 16.0. The van der Waals surface area contributed by atoms with Crippen molar-refractivity contribution in [3.05, 3.63) is 45.0 Å². The molecular formula is C17H19N3O5. The predicted molar refractivity (Wildman–Crippen MR) is 90.4 cm³/mol.